The molecule has 1 amide bonds. The van der Waals surface area contributed by atoms with Crippen LogP contribution < -0.4 is 5.32 Å². The predicted octanol–water partition coefficient (Wildman–Crippen LogP) is 3.41. The number of hydrogen-bond acceptors (Lipinski definition) is 2. The van der Waals surface area contributed by atoms with Crippen molar-refractivity contribution in [3.8, 4) is 5.75 Å². The summed E-state index contributed by atoms with van der Waals surface area (Å²) in [5, 5.41) is 12.3. The molecule has 0 aromatic heterocycles. The SMILES string of the molecule is O=C(Cc1cccc(O)c1)NCCCC1CCCCC1. The van der Waals surface area contributed by atoms with Crippen LogP contribution in [0.25, 0.3) is 0 Å². The largest absolute Gasteiger partial charge is 0.508 e. The smallest absolute Gasteiger partial charge is 0.224 e. The number of phenolic OH excluding ortho intramolecular Hbond substituents is 1. The number of carbonyl (C=O) groups is 1. The van der Waals surface area contributed by atoms with Crippen LogP contribution in [0.15, 0.2) is 24.3 Å². The molecule has 1 aromatic carbocycles. The Bertz CT molecular complexity index is 425. The molecule has 0 atom stereocenters. The van der Waals surface area contributed by atoms with Gasteiger partial charge in [-0.1, -0.05) is 44.2 Å². The van der Waals surface area contributed by atoms with E-state index in [1.165, 1.54) is 38.5 Å². The van der Waals surface area contributed by atoms with Gasteiger partial charge in [0.25, 0.3) is 0 Å². The highest BCUT2D eigenvalue weighted by Gasteiger charge is 2.12. The summed E-state index contributed by atoms with van der Waals surface area (Å²) in [5.74, 6) is 1.14. The summed E-state index contributed by atoms with van der Waals surface area (Å²) in [6, 6.07) is 6.88. The van der Waals surface area contributed by atoms with Gasteiger partial charge < -0.3 is 10.4 Å². The van der Waals surface area contributed by atoms with Crippen LogP contribution in [0, 0.1) is 5.92 Å². The van der Waals surface area contributed by atoms with Crippen LogP contribution in [-0.2, 0) is 11.2 Å². The monoisotopic (exact) mass is 275 g/mol. The first-order chi connectivity index (χ1) is 9.74. The Hall–Kier alpha value is -1.51. The summed E-state index contributed by atoms with van der Waals surface area (Å²) >= 11 is 0. The molecule has 0 heterocycles. The minimum Gasteiger partial charge on any atom is -0.508 e. The van der Waals surface area contributed by atoms with Gasteiger partial charge in [-0.2, -0.15) is 0 Å². The molecule has 0 unspecified atom stereocenters. The van der Waals surface area contributed by atoms with Gasteiger partial charge in [0.15, 0.2) is 0 Å². The molecule has 0 bridgehead atoms. The Morgan fingerprint density at radius 1 is 1.25 bits per heavy atom. The zero-order valence-electron chi connectivity index (χ0n) is 12.1. The third-order valence-electron chi connectivity index (χ3n) is 4.11. The molecule has 1 aromatic rings. The van der Waals surface area contributed by atoms with Gasteiger partial charge in [-0.05, 0) is 36.5 Å². The minimum absolute atomic E-state index is 0.0410. The number of carbonyl (C=O) groups excluding carboxylic acids is 1. The molecule has 0 aliphatic heterocycles. The average Bonchev–Trinajstić information content (AvgIpc) is 2.45. The van der Waals surface area contributed by atoms with Crippen LogP contribution in [-0.4, -0.2) is 17.6 Å². The lowest BCUT2D eigenvalue weighted by Crippen LogP contribution is -2.26. The third-order valence-corrected chi connectivity index (χ3v) is 4.11. The number of nitrogens with one attached hydrogen (secondary N) is 1. The molecule has 0 radical (unpaired) electrons. The molecule has 1 saturated carbocycles. The quantitative estimate of drug-likeness (QED) is 0.782. The van der Waals surface area contributed by atoms with E-state index in [2.05, 4.69) is 5.32 Å². The molecule has 0 spiro atoms. The number of hydrogen-bond donors (Lipinski definition) is 2. The maximum Gasteiger partial charge on any atom is 0.224 e. The van der Waals surface area contributed by atoms with Gasteiger partial charge in [0.2, 0.25) is 5.91 Å². The highest BCUT2D eigenvalue weighted by Crippen LogP contribution is 2.26. The molecule has 0 saturated heterocycles. The molecule has 3 heteroatoms. The second-order valence-electron chi connectivity index (χ2n) is 5.84. The molecular formula is C17H25NO2. The highest BCUT2D eigenvalue weighted by molar-refractivity contribution is 5.78. The van der Waals surface area contributed by atoms with Crippen molar-refractivity contribution in [1.82, 2.24) is 5.32 Å². The summed E-state index contributed by atoms with van der Waals surface area (Å²) in [4.78, 5) is 11.8. The van der Waals surface area contributed by atoms with Crippen LogP contribution >= 0.6 is 0 Å². The molecular weight excluding hydrogens is 250 g/mol. The second-order valence-corrected chi connectivity index (χ2v) is 5.84. The fourth-order valence-corrected chi connectivity index (χ4v) is 3.01. The average molecular weight is 275 g/mol. The zero-order chi connectivity index (χ0) is 14.2. The van der Waals surface area contributed by atoms with E-state index >= 15 is 0 Å². The van der Waals surface area contributed by atoms with Gasteiger partial charge in [-0.15, -0.1) is 0 Å². The van der Waals surface area contributed by atoms with Gasteiger partial charge >= 0.3 is 0 Å². The first-order valence-corrected chi connectivity index (χ1v) is 7.78. The van der Waals surface area contributed by atoms with Crippen LogP contribution in [0.5, 0.6) is 5.75 Å². The van der Waals surface area contributed by atoms with E-state index in [9.17, 15) is 9.90 Å². The van der Waals surface area contributed by atoms with Gasteiger partial charge in [0.1, 0.15) is 5.75 Å². The lowest BCUT2D eigenvalue weighted by molar-refractivity contribution is -0.120. The summed E-state index contributed by atoms with van der Waals surface area (Å²) in [6.07, 6.45) is 9.58. The summed E-state index contributed by atoms with van der Waals surface area (Å²) < 4.78 is 0. The molecule has 2 N–H and O–H groups in total. The number of benzene rings is 1. The number of aromatic hydroxyl groups is 1. The summed E-state index contributed by atoms with van der Waals surface area (Å²) in [6.45, 7) is 0.772. The number of amides is 1. The van der Waals surface area contributed by atoms with Crippen molar-refractivity contribution in [2.45, 2.75) is 51.4 Å². The van der Waals surface area contributed by atoms with E-state index < -0.39 is 0 Å². The van der Waals surface area contributed by atoms with Crippen molar-refractivity contribution >= 4 is 5.91 Å². The topological polar surface area (TPSA) is 49.3 Å². The van der Waals surface area contributed by atoms with E-state index in [4.69, 9.17) is 0 Å². The first kappa shape index (κ1) is 14.9. The molecule has 20 heavy (non-hydrogen) atoms. The van der Waals surface area contributed by atoms with Gasteiger partial charge in [-0.25, -0.2) is 0 Å². The second kappa shape index (κ2) is 7.93. The van der Waals surface area contributed by atoms with Crippen molar-refractivity contribution in [2.75, 3.05) is 6.54 Å². The predicted molar refractivity (Wildman–Crippen MR) is 80.6 cm³/mol. The summed E-state index contributed by atoms with van der Waals surface area (Å²) in [7, 11) is 0. The maximum atomic E-state index is 11.8. The number of rotatable bonds is 6. The van der Waals surface area contributed by atoms with Crippen LogP contribution in [0.2, 0.25) is 0 Å². The fourth-order valence-electron chi connectivity index (χ4n) is 3.01. The molecule has 110 valence electrons. The van der Waals surface area contributed by atoms with Gasteiger partial charge in [-0.3, -0.25) is 4.79 Å². The Balaban J connectivity index is 1.60. The Morgan fingerprint density at radius 3 is 2.80 bits per heavy atom. The van der Waals surface area contributed by atoms with E-state index in [1.807, 2.05) is 6.07 Å². The van der Waals surface area contributed by atoms with Crippen molar-refractivity contribution in [1.29, 1.82) is 0 Å². The molecule has 2 rings (SSSR count). The highest BCUT2D eigenvalue weighted by atomic mass is 16.3. The molecule has 3 nitrogen and oxygen atoms in total. The fraction of sp³-hybridized carbons (Fsp3) is 0.588. The standard InChI is InChI=1S/C17H25NO2/c19-16-10-4-8-15(12-16)13-17(20)18-11-5-9-14-6-2-1-3-7-14/h4,8,10,12,14,19H,1-3,5-7,9,11,13H2,(H,18,20). The Kier molecular flexibility index (Phi) is 5.90. The van der Waals surface area contributed by atoms with E-state index in [-0.39, 0.29) is 11.7 Å². The maximum absolute atomic E-state index is 11.8. The van der Waals surface area contributed by atoms with Crippen LogP contribution in [0.4, 0.5) is 0 Å². The van der Waals surface area contributed by atoms with Gasteiger partial charge in [0.05, 0.1) is 6.42 Å². The lowest BCUT2D eigenvalue weighted by Gasteiger charge is -2.21. The van der Waals surface area contributed by atoms with E-state index in [0.29, 0.717) is 6.42 Å². The van der Waals surface area contributed by atoms with Crippen molar-refractivity contribution in [3.05, 3.63) is 29.8 Å². The Labute approximate surface area is 121 Å². The van der Waals surface area contributed by atoms with Crippen molar-refractivity contribution in [2.24, 2.45) is 5.92 Å². The lowest BCUT2D eigenvalue weighted by atomic mass is 9.86. The first-order valence-electron chi connectivity index (χ1n) is 7.78. The van der Waals surface area contributed by atoms with Gasteiger partial charge in [0, 0.05) is 6.54 Å². The minimum atomic E-state index is 0.0410. The van der Waals surface area contributed by atoms with Crippen molar-refractivity contribution in [3.63, 3.8) is 0 Å². The third kappa shape index (κ3) is 5.24. The van der Waals surface area contributed by atoms with E-state index in [1.54, 1.807) is 18.2 Å². The molecule has 1 aliphatic carbocycles. The van der Waals surface area contributed by atoms with Crippen LogP contribution in [0.1, 0.15) is 50.5 Å². The summed E-state index contributed by atoms with van der Waals surface area (Å²) in [5.41, 5.74) is 0.856. The van der Waals surface area contributed by atoms with Crippen LogP contribution in [0.3, 0.4) is 0 Å². The molecule has 1 aliphatic rings. The van der Waals surface area contributed by atoms with E-state index in [0.717, 1.165) is 24.4 Å². The normalized spacial score (nSPS) is 16.0. The van der Waals surface area contributed by atoms with Crippen molar-refractivity contribution < 1.29 is 9.90 Å². The Morgan fingerprint density at radius 2 is 2.05 bits per heavy atom. The zero-order valence-corrected chi connectivity index (χ0v) is 12.1. The number of phenols is 1. The molecule has 1 fully saturated rings.